The van der Waals surface area contributed by atoms with Crippen molar-refractivity contribution in [3.8, 4) is 0 Å². The van der Waals surface area contributed by atoms with Crippen LogP contribution in [0.5, 0.6) is 0 Å². The molecule has 0 spiro atoms. The van der Waals surface area contributed by atoms with Crippen molar-refractivity contribution in [3.63, 3.8) is 0 Å². The molecule has 1 aliphatic rings. The van der Waals surface area contributed by atoms with Gasteiger partial charge in [0.2, 0.25) is 0 Å². The highest BCUT2D eigenvalue weighted by Crippen LogP contribution is 2.32. The second-order valence-electron chi connectivity index (χ2n) is 6.28. The van der Waals surface area contributed by atoms with Gasteiger partial charge in [0.1, 0.15) is 0 Å². The fourth-order valence-electron chi connectivity index (χ4n) is 2.96. The van der Waals surface area contributed by atoms with E-state index in [1.807, 2.05) is 24.3 Å². The van der Waals surface area contributed by atoms with Crippen molar-refractivity contribution in [2.75, 3.05) is 26.2 Å². The second-order valence-corrected chi connectivity index (χ2v) is 6.28. The van der Waals surface area contributed by atoms with Gasteiger partial charge in [-0.1, -0.05) is 38.1 Å². The van der Waals surface area contributed by atoms with Gasteiger partial charge in [-0.05, 0) is 23.5 Å². The summed E-state index contributed by atoms with van der Waals surface area (Å²) in [6.07, 6.45) is -4.69. The first-order valence-corrected chi connectivity index (χ1v) is 7.98. The van der Waals surface area contributed by atoms with E-state index in [1.165, 1.54) is 5.56 Å². The molecule has 140 valence electrons. The van der Waals surface area contributed by atoms with Crippen molar-refractivity contribution in [2.24, 2.45) is 0 Å². The molecule has 0 aliphatic carbocycles. The van der Waals surface area contributed by atoms with Crippen molar-refractivity contribution >= 4 is 24.8 Å². The van der Waals surface area contributed by atoms with Crippen LogP contribution in [0.2, 0.25) is 0 Å². The van der Waals surface area contributed by atoms with Crippen LogP contribution in [0.4, 0.5) is 13.2 Å². The average molecular weight is 387 g/mol. The van der Waals surface area contributed by atoms with Crippen LogP contribution in [0.1, 0.15) is 49.8 Å². The van der Waals surface area contributed by atoms with E-state index < -0.39 is 12.6 Å². The molecule has 1 fully saturated rings. The van der Waals surface area contributed by atoms with Crippen LogP contribution in [0.25, 0.3) is 0 Å². The molecule has 1 aliphatic heterocycles. The lowest BCUT2D eigenvalue weighted by atomic mass is 9.95. The topological polar surface area (TPSA) is 15.3 Å². The van der Waals surface area contributed by atoms with E-state index in [1.54, 1.807) is 0 Å². The zero-order valence-corrected chi connectivity index (χ0v) is 15.7. The van der Waals surface area contributed by atoms with Crippen LogP contribution in [0.15, 0.2) is 24.3 Å². The quantitative estimate of drug-likeness (QED) is 0.770. The summed E-state index contributed by atoms with van der Waals surface area (Å²) in [6, 6.07) is 7.94. The van der Waals surface area contributed by atoms with Crippen LogP contribution in [-0.4, -0.2) is 37.3 Å². The maximum Gasteiger partial charge on any atom is 0.389 e. The van der Waals surface area contributed by atoms with Crippen LogP contribution in [-0.2, 0) is 0 Å². The van der Waals surface area contributed by atoms with E-state index in [2.05, 4.69) is 24.1 Å². The first kappa shape index (κ1) is 23.5. The van der Waals surface area contributed by atoms with Gasteiger partial charge in [-0.3, -0.25) is 4.90 Å². The van der Waals surface area contributed by atoms with Crippen molar-refractivity contribution in [1.82, 2.24) is 10.2 Å². The van der Waals surface area contributed by atoms with Crippen LogP contribution in [0.3, 0.4) is 0 Å². The Hall–Kier alpha value is -0.490. The number of piperazine rings is 1. The molecule has 0 radical (unpaired) electrons. The standard InChI is InChI=1S/C17H25F3N2.2ClH/c1-13(2)14-3-5-15(6-4-14)16(7-8-17(18,19)20)22-11-9-21-10-12-22;;/h3-6,13,16,21H,7-12H2,1-2H3;2*1H/t16-;;/m1../s1. The molecule has 1 atom stereocenters. The highest BCUT2D eigenvalue weighted by molar-refractivity contribution is 5.85. The van der Waals surface area contributed by atoms with Gasteiger partial charge < -0.3 is 5.32 Å². The molecule has 0 saturated carbocycles. The summed E-state index contributed by atoms with van der Waals surface area (Å²) in [6.45, 7) is 7.51. The summed E-state index contributed by atoms with van der Waals surface area (Å²) in [5.41, 5.74) is 2.22. The molecule has 0 bridgehead atoms. The average Bonchev–Trinajstić information content (AvgIpc) is 2.48. The number of nitrogens with one attached hydrogen (secondary N) is 1. The van der Waals surface area contributed by atoms with E-state index in [9.17, 15) is 13.2 Å². The van der Waals surface area contributed by atoms with Gasteiger partial charge >= 0.3 is 6.18 Å². The van der Waals surface area contributed by atoms with Gasteiger partial charge in [0.15, 0.2) is 0 Å². The molecule has 1 aromatic carbocycles. The predicted octanol–water partition coefficient (Wildman–Crippen LogP) is 4.94. The van der Waals surface area contributed by atoms with E-state index in [4.69, 9.17) is 0 Å². The summed E-state index contributed by atoms with van der Waals surface area (Å²) in [5.74, 6) is 0.432. The smallest absolute Gasteiger partial charge is 0.314 e. The number of benzene rings is 1. The lowest BCUT2D eigenvalue weighted by Crippen LogP contribution is -2.45. The molecule has 1 heterocycles. The van der Waals surface area contributed by atoms with Crippen molar-refractivity contribution in [1.29, 1.82) is 0 Å². The van der Waals surface area contributed by atoms with Gasteiger partial charge in [-0.25, -0.2) is 0 Å². The zero-order chi connectivity index (χ0) is 16.2. The molecule has 0 aromatic heterocycles. The van der Waals surface area contributed by atoms with Gasteiger partial charge in [-0.2, -0.15) is 13.2 Å². The Morgan fingerprint density at radius 1 is 1.00 bits per heavy atom. The van der Waals surface area contributed by atoms with E-state index in [0.29, 0.717) is 5.92 Å². The molecule has 0 amide bonds. The van der Waals surface area contributed by atoms with Crippen LogP contribution >= 0.6 is 24.8 Å². The molecule has 24 heavy (non-hydrogen) atoms. The summed E-state index contributed by atoms with van der Waals surface area (Å²) in [7, 11) is 0. The minimum Gasteiger partial charge on any atom is -0.314 e. The summed E-state index contributed by atoms with van der Waals surface area (Å²) in [5, 5.41) is 3.25. The van der Waals surface area contributed by atoms with Crippen molar-refractivity contribution < 1.29 is 13.2 Å². The Kier molecular flexibility index (Phi) is 10.3. The number of halogens is 5. The fourth-order valence-corrected chi connectivity index (χ4v) is 2.96. The summed E-state index contributed by atoms with van der Waals surface area (Å²) in [4.78, 5) is 2.17. The van der Waals surface area contributed by atoms with Crippen molar-refractivity contribution in [3.05, 3.63) is 35.4 Å². The van der Waals surface area contributed by atoms with E-state index in [0.717, 1.165) is 31.7 Å². The predicted molar refractivity (Wildman–Crippen MR) is 97.5 cm³/mol. The minimum atomic E-state index is -4.09. The lowest BCUT2D eigenvalue weighted by Gasteiger charge is -2.35. The highest BCUT2D eigenvalue weighted by atomic mass is 35.5. The molecule has 1 aromatic rings. The maximum absolute atomic E-state index is 12.6. The molecule has 2 rings (SSSR count). The number of nitrogens with zero attached hydrogens (tertiary/aromatic N) is 1. The molecule has 7 heteroatoms. The Balaban J connectivity index is 0.00000264. The molecular formula is C17H27Cl2F3N2. The second kappa shape index (κ2) is 10.5. The molecule has 0 unspecified atom stereocenters. The summed E-state index contributed by atoms with van der Waals surface area (Å²) >= 11 is 0. The minimum absolute atomic E-state index is 0. The Bertz CT molecular complexity index is 458. The van der Waals surface area contributed by atoms with E-state index in [-0.39, 0.29) is 37.3 Å². The Morgan fingerprint density at radius 2 is 1.50 bits per heavy atom. The summed E-state index contributed by atoms with van der Waals surface area (Å²) < 4.78 is 37.9. The third-order valence-corrected chi connectivity index (χ3v) is 4.28. The third kappa shape index (κ3) is 7.18. The SMILES string of the molecule is CC(C)c1ccc([C@@H](CCC(F)(F)F)N2CCNCC2)cc1.Cl.Cl. The molecule has 1 saturated heterocycles. The molecule has 1 N–H and O–H groups in total. The first-order valence-electron chi connectivity index (χ1n) is 7.98. The zero-order valence-electron chi connectivity index (χ0n) is 14.1. The molecule has 2 nitrogen and oxygen atoms in total. The number of hydrogen-bond donors (Lipinski definition) is 1. The third-order valence-electron chi connectivity index (χ3n) is 4.28. The first-order chi connectivity index (χ1) is 10.4. The van der Waals surface area contributed by atoms with E-state index >= 15 is 0 Å². The maximum atomic E-state index is 12.6. The fraction of sp³-hybridized carbons (Fsp3) is 0.647. The van der Waals surface area contributed by atoms with Gasteiger partial charge in [0, 0.05) is 38.6 Å². The van der Waals surface area contributed by atoms with Crippen molar-refractivity contribution in [2.45, 2.75) is 44.8 Å². The van der Waals surface area contributed by atoms with Crippen LogP contribution < -0.4 is 5.32 Å². The highest BCUT2D eigenvalue weighted by Gasteiger charge is 2.31. The monoisotopic (exact) mass is 386 g/mol. The Morgan fingerprint density at radius 3 is 1.96 bits per heavy atom. The van der Waals surface area contributed by atoms with Gasteiger partial charge in [0.25, 0.3) is 0 Å². The normalized spacial score (nSPS) is 17.1. The van der Waals surface area contributed by atoms with Gasteiger partial charge in [-0.15, -0.1) is 24.8 Å². The van der Waals surface area contributed by atoms with Gasteiger partial charge in [0.05, 0.1) is 0 Å². The molecular weight excluding hydrogens is 360 g/mol. The van der Waals surface area contributed by atoms with Crippen LogP contribution in [0, 0.1) is 0 Å². The Labute approximate surface area is 155 Å². The lowest BCUT2D eigenvalue weighted by molar-refractivity contribution is -0.138. The number of rotatable bonds is 5. The largest absolute Gasteiger partial charge is 0.389 e. The number of hydrogen-bond acceptors (Lipinski definition) is 2. The number of alkyl halides is 3.